The summed E-state index contributed by atoms with van der Waals surface area (Å²) in [4.78, 5) is 39.0. The fraction of sp³-hybridized carbons (Fsp3) is 0.194. The molecule has 0 spiro atoms. The minimum Gasteiger partial charge on any atom is -0.494 e. The molecule has 0 bridgehead atoms. The molecule has 5 rings (SSSR count). The van der Waals surface area contributed by atoms with Crippen LogP contribution in [-0.4, -0.2) is 37.5 Å². The van der Waals surface area contributed by atoms with E-state index in [1.165, 1.54) is 0 Å². The highest BCUT2D eigenvalue weighted by atomic mass is 16.5. The van der Waals surface area contributed by atoms with Gasteiger partial charge in [-0.3, -0.25) is 14.4 Å². The molecule has 8 heteroatoms. The van der Waals surface area contributed by atoms with Crippen molar-refractivity contribution < 1.29 is 28.6 Å². The van der Waals surface area contributed by atoms with Crippen LogP contribution in [0.2, 0.25) is 0 Å². The van der Waals surface area contributed by atoms with E-state index < -0.39 is 24.4 Å². The summed E-state index contributed by atoms with van der Waals surface area (Å²) >= 11 is 0. The van der Waals surface area contributed by atoms with E-state index >= 15 is 0 Å². The molecule has 0 aliphatic carbocycles. The Morgan fingerprint density at radius 3 is 2.38 bits per heavy atom. The van der Waals surface area contributed by atoms with E-state index in [9.17, 15) is 14.4 Å². The van der Waals surface area contributed by atoms with Crippen LogP contribution in [0.25, 0.3) is 10.8 Å². The van der Waals surface area contributed by atoms with Crippen LogP contribution in [0.5, 0.6) is 17.2 Å². The van der Waals surface area contributed by atoms with Gasteiger partial charge in [0.2, 0.25) is 5.91 Å². The van der Waals surface area contributed by atoms with Gasteiger partial charge in [-0.05, 0) is 66.9 Å². The van der Waals surface area contributed by atoms with Gasteiger partial charge in [-0.15, -0.1) is 0 Å². The zero-order chi connectivity index (χ0) is 27.2. The Labute approximate surface area is 226 Å². The molecule has 39 heavy (non-hydrogen) atoms. The smallest absolute Gasteiger partial charge is 0.311 e. The van der Waals surface area contributed by atoms with Crippen LogP contribution in [0.1, 0.15) is 13.3 Å². The number of carbonyl (C=O) groups excluding carboxylic acids is 3. The van der Waals surface area contributed by atoms with E-state index in [0.29, 0.717) is 29.5 Å². The molecule has 1 N–H and O–H groups in total. The van der Waals surface area contributed by atoms with E-state index in [1.54, 1.807) is 53.4 Å². The highest BCUT2D eigenvalue weighted by Gasteiger charge is 2.36. The molecule has 8 nitrogen and oxygen atoms in total. The Morgan fingerprint density at radius 1 is 0.897 bits per heavy atom. The van der Waals surface area contributed by atoms with Crippen LogP contribution >= 0.6 is 0 Å². The standard InChI is InChI=1S/C31H28N2O6/c1-2-37-25-14-10-23(11-15-25)32-29(34)20-38-31(36)22-18-30(35)33(19-22)24-12-16-26(17-13-24)39-28-9-5-7-21-6-3-4-8-27(21)28/h3-17,22H,2,18-20H2,1H3,(H,32,34)/t22-/m1/s1. The van der Waals surface area contributed by atoms with Crippen LogP contribution < -0.4 is 19.7 Å². The first kappa shape index (κ1) is 25.8. The van der Waals surface area contributed by atoms with Crippen LogP contribution in [0, 0.1) is 5.92 Å². The highest BCUT2D eigenvalue weighted by Crippen LogP contribution is 2.32. The third-order valence-electron chi connectivity index (χ3n) is 6.38. The third kappa shape index (κ3) is 6.18. The summed E-state index contributed by atoms with van der Waals surface area (Å²) in [6.45, 7) is 2.19. The van der Waals surface area contributed by atoms with Crippen molar-refractivity contribution in [2.75, 3.05) is 30.0 Å². The fourth-order valence-electron chi connectivity index (χ4n) is 4.47. The van der Waals surface area contributed by atoms with Crippen LogP contribution in [0.4, 0.5) is 11.4 Å². The molecule has 0 saturated carbocycles. The number of carbonyl (C=O) groups is 3. The van der Waals surface area contributed by atoms with Gasteiger partial charge in [0.05, 0.1) is 12.5 Å². The second kappa shape index (κ2) is 11.7. The molecule has 4 aromatic rings. The fourth-order valence-corrected chi connectivity index (χ4v) is 4.47. The molecule has 1 fully saturated rings. The number of hydrogen-bond acceptors (Lipinski definition) is 6. The predicted molar refractivity (Wildman–Crippen MR) is 148 cm³/mol. The van der Waals surface area contributed by atoms with Gasteiger partial charge < -0.3 is 24.4 Å². The van der Waals surface area contributed by atoms with Gasteiger partial charge >= 0.3 is 5.97 Å². The van der Waals surface area contributed by atoms with E-state index in [-0.39, 0.29) is 18.9 Å². The number of nitrogens with zero attached hydrogens (tertiary/aromatic N) is 1. The Hall–Kier alpha value is -4.85. The topological polar surface area (TPSA) is 94.2 Å². The molecule has 1 heterocycles. The number of amides is 2. The number of anilines is 2. The molecule has 1 aliphatic rings. The van der Waals surface area contributed by atoms with Crippen molar-refractivity contribution in [2.24, 2.45) is 5.92 Å². The molecule has 198 valence electrons. The third-order valence-corrected chi connectivity index (χ3v) is 6.38. The number of benzene rings is 4. The maximum absolute atomic E-state index is 12.7. The summed E-state index contributed by atoms with van der Waals surface area (Å²) in [5.41, 5.74) is 1.23. The number of esters is 1. The predicted octanol–water partition coefficient (Wildman–Crippen LogP) is 5.57. The number of fused-ring (bicyclic) bond motifs is 1. The van der Waals surface area contributed by atoms with Crippen LogP contribution in [-0.2, 0) is 19.1 Å². The van der Waals surface area contributed by atoms with Crippen molar-refractivity contribution in [3.63, 3.8) is 0 Å². The van der Waals surface area contributed by atoms with Crippen molar-refractivity contribution in [2.45, 2.75) is 13.3 Å². The van der Waals surface area contributed by atoms with Gasteiger partial charge in [0.25, 0.3) is 5.91 Å². The van der Waals surface area contributed by atoms with Crippen LogP contribution in [0.3, 0.4) is 0 Å². The van der Waals surface area contributed by atoms with Crippen LogP contribution in [0.15, 0.2) is 91.0 Å². The second-order valence-corrected chi connectivity index (χ2v) is 9.09. The van der Waals surface area contributed by atoms with E-state index in [0.717, 1.165) is 16.5 Å². The van der Waals surface area contributed by atoms with Gasteiger partial charge in [-0.1, -0.05) is 36.4 Å². The molecular formula is C31H28N2O6. The minimum atomic E-state index is -0.651. The van der Waals surface area contributed by atoms with Crippen molar-refractivity contribution >= 4 is 39.9 Å². The van der Waals surface area contributed by atoms with Crippen molar-refractivity contribution in [3.05, 3.63) is 91.0 Å². The lowest BCUT2D eigenvalue weighted by molar-refractivity contribution is -0.151. The minimum absolute atomic E-state index is 0.0214. The molecule has 0 aromatic heterocycles. The number of ether oxygens (including phenoxy) is 3. The zero-order valence-electron chi connectivity index (χ0n) is 21.5. The van der Waals surface area contributed by atoms with Gasteiger partial charge in [0.15, 0.2) is 6.61 Å². The lowest BCUT2D eigenvalue weighted by Gasteiger charge is -2.17. The van der Waals surface area contributed by atoms with Gasteiger partial charge in [0, 0.05) is 29.7 Å². The molecule has 1 aliphatic heterocycles. The molecule has 2 amide bonds. The second-order valence-electron chi connectivity index (χ2n) is 9.09. The zero-order valence-corrected chi connectivity index (χ0v) is 21.5. The molecule has 0 radical (unpaired) electrons. The molecule has 1 atom stereocenters. The van der Waals surface area contributed by atoms with Crippen molar-refractivity contribution in [1.82, 2.24) is 0 Å². The monoisotopic (exact) mass is 524 g/mol. The summed E-state index contributed by atoms with van der Waals surface area (Å²) in [5.74, 6) is 0.202. The summed E-state index contributed by atoms with van der Waals surface area (Å²) in [7, 11) is 0. The summed E-state index contributed by atoms with van der Waals surface area (Å²) in [6, 6.07) is 27.9. The van der Waals surface area contributed by atoms with Gasteiger partial charge in [-0.2, -0.15) is 0 Å². The van der Waals surface area contributed by atoms with E-state index in [4.69, 9.17) is 14.2 Å². The normalized spacial score (nSPS) is 14.7. The van der Waals surface area contributed by atoms with Crippen molar-refractivity contribution in [1.29, 1.82) is 0 Å². The molecular weight excluding hydrogens is 496 g/mol. The Balaban J connectivity index is 1.14. The average Bonchev–Trinajstić information content (AvgIpc) is 3.35. The maximum atomic E-state index is 12.7. The van der Waals surface area contributed by atoms with Crippen molar-refractivity contribution in [3.8, 4) is 17.2 Å². The first-order chi connectivity index (χ1) is 19.0. The number of hydrogen-bond donors (Lipinski definition) is 1. The summed E-state index contributed by atoms with van der Waals surface area (Å²) < 4.78 is 16.7. The van der Waals surface area contributed by atoms with E-state index in [1.807, 2.05) is 49.4 Å². The maximum Gasteiger partial charge on any atom is 0.311 e. The lowest BCUT2D eigenvalue weighted by atomic mass is 10.1. The molecule has 1 saturated heterocycles. The summed E-state index contributed by atoms with van der Waals surface area (Å²) in [6.07, 6.45) is 0.0214. The van der Waals surface area contributed by atoms with Gasteiger partial charge in [-0.25, -0.2) is 0 Å². The first-order valence-corrected chi connectivity index (χ1v) is 12.8. The molecule has 0 unspecified atom stereocenters. The first-order valence-electron chi connectivity index (χ1n) is 12.8. The number of nitrogens with one attached hydrogen (secondary N) is 1. The average molecular weight is 525 g/mol. The SMILES string of the molecule is CCOc1ccc(NC(=O)COC(=O)[C@@H]2CC(=O)N(c3ccc(Oc4cccc5ccccc45)cc3)C2)cc1. The summed E-state index contributed by atoms with van der Waals surface area (Å²) in [5, 5.41) is 4.76. The molecule has 4 aromatic carbocycles. The van der Waals surface area contributed by atoms with E-state index in [2.05, 4.69) is 5.32 Å². The lowest BCUT2D eigenvalue weighted by Crippen LogP contribution is -2.28. The quantitative estimate of drug-likeness (QED) is 0.288. The highest BCUT2D eigenvalue weighted by molar-refractivity contribution is 6.00. The Bertz CT molecular complexity index is 1480. The Kier molecular flexibility index (Phi) is 7.73. The Morgan fingerprint density at radius 2 is 1.62 bits per heavy atom. The van der Waals surface area contributed by atoms with Gasteiger partial charge in [0.1, 0.15) is 17.2 Å². The number of rotatable bonds is 9. The largest absolute Gasteiger partial charge is 0.494 e.